The molecule has 10 nitrogen and oxygen atoms in total. The van der Waals surface area contributed by atoms with Gasteiger partial charge in [-0.05, 0) is 25.5 Å². The van der Waals surface area contributed by atoms with E-state index in [4.69, 9.17) is 0 Å². The summed E-state index contributed by atoms with van der Waals surface area (Å²) in [4.78, 5) is 53.1. The highest BCUT2D eigenvalue weighted by Crippen LogP contribution is 2.23. The van der Waals surface area contributed by atoms with Crippen molar-refractivity contribution in [1.82, 2.24) is 30.6 Å². The number of rotatable bonds is 6. The zero-order valence-corrected chi connectivity index (χ0v) is 18.3. The van der Waals surface area contributed by atoms with E-state index in [1.54, 1.807) is 17.8 Å². The molecule has 0 saturated heterocycles. The third-order valence-electron chi connectivity index (χ3n) is 5.20. The number of aromatic nitrogens is 4. The zero-order valence-electron chi connectivity index (χ0n) is 18.3. The summed E-state index contributed by atoms with van der Waals surface area (Å²) in [6.07, 6.45) is 1.63. The normalized spacial score (nSPS) is 10.6. The molecule has 0 aliphatic heterocycles. The zero-order chi connectivity index (χ0) is 24.1. The van der Waals surface area contributed by atoms with E-state index in [1.807, 2.05) is 60.7 Å². The Morgan fingerprint density at radius 1 is 0.941 bits per heavy atom. The van der Waals surface area contributed by atoms with Crippen LogP contribution >= 0.6 is 0 Å². The number of amides is 2. The number of nitrogens with one attached hydrogen (secondary N) is 4. The van der Waals surface area contributed by atoms with Crippen LogP contribution in [0.1, 0.15) is 28.0 Å². The first-order valence-corrected chi connectivity index (χ1v) is 10.5. The molecule has 0 aliphatic carbocycles. The van der Waals surface area contributed by atoms with Crippen LogP contribution in [0.5, 0.6) is 0 Å². The van der Waals surface area contributed by atoms with Crippen molar-refractivity contribution in [1.29, 1.82) is 0 Å². The Balaban J connectivity index is 1.48. The van der Waals surface area contributed by atoms with Gasteiger partial charge in [-0.15, -0.1) is 0 Å². The molecule has 34 heavy (non-hydrogen) atoms. The SMILES string of the molecule is Cc1[nH]c(=O)[nH]c(=O)c1CCC(=O)NNC(=O)c1cn(-c2ccccc2)nc1-c1ccccc1. The second-order valence-corrected chi connectivity index (χ2v) is 7.55. The van der Waals surface area contributed by atoms with Crippen LogP contribution in [0.2, 0.25) is 0 Å². The number of hydrogen-bond donors (Lipinski definition) is 4. The number of H-pyrrole nitrogens is 2. The largest absolute Gasteiger partial charge is 0.325 e. The number of carbonyl (C=O) groups excluding carboxylic acids is 2. The molecule has 2 amide bonds. The van der Waals surface area contributed by atoms with Gasteiger partial charge in [-0.2, -0.15) is 5.10 Å². The highest BCUT2D eigenvalue weighted by molar-refractivity contribution is 6.00. The van der Waals surface area contributed by atoms with Crippen molar-refractivity contribution in [3.05, 3.63) is 105 Å². The fourth-order valence-corrected chi connectivity index (χ4v) is 3.48. The molecule has 2 aromatic carbocycles. The van der Waals surface area contributed by atoms with Gasteiger partial charge in [-0.25, -0.2) is 9.48 Å². The van der Waals surface area contributed by atoms with Gasteiger partial charge >= 0.3 is 5.69 Å². The van der Waals surface area contributed by atoms with Gasteiger partial charge in [0.2, 0.25) is 5.91 Å². The van der Waals surface area contributed by atoms with Crippen molar-refractivity contribution in [2.45, 2.75) is 19.8 Å². The van der Waals surface area contributed by atoms with Gasteiger partial charge in [-0.3, -0.25) is 30.2 Å². The molecule has 4 aromatic rings. The average Bonchev–Trinajstić information content (AvgIpc) is 3.29. The van der Waals surface area contributed by atoms with Crippen LogP contribution < -0.4 is 22.1 Å². The first-order chi connectivity index (χ1) is 16.4. The third kappa shape index (κ3) is 5.01. The van der Waals surface area contributed by atoms with Crippen molar-refractivity contribution < 1.29 is 9.59 Å². The second kappa shape index (κ2) is 9.82. The Morgan fingerprint density at radius 2 is 1.62 bits per heavy atom. The van der Waals surface area contributed by atoms with Crippen LogP contribution in [-0.4, -0.2) is 31.6 Å². The van der Waals surface area contributed by atoms with E-state index >= 15 is 0 Å². The number of carbonyl (C=O) groups is 2. The van der Waals surface area contributed by atoms with E-state index in [1.165, 1.54) is 0 Å². The first kappa shape index (κ1) is 22.5. The van der Waals surface area contributed by atoms with E-state index in [9.17, 15) is 19.2 Å². The van der Waals surface area contributed by atoms with E-state index in [0.717, 1.165) is 11.3 Å². The number of aryl methyl sites for hydroxylation is 1. The van der Waals surface area contributed by atoms with Crippen molar-refractivity contribution in [3.63, 3.8) is 0 Å². The summed E-state index contributed by atoms with van der Waals surface area (Å²) >= 11 is 0. The Labute approximate surface area is 193 Å². The van der Waals surface area contributed by atoms with E-state index < -0.39 is 23.1 Å². The topological polar surface area (TPSA) is 142 Å². The number of para-hydroxylation sites is 1. The maximum Gasteiger partial charge on any atom is 0.325 e. The molecule has 0 unspecified atom stereocenters. The van der Waals surface area contributed by atoms with E-state index in [2.05, 4.69) is 25.9 Å². The predicted molar refractivity (Wildman–Crippen MR) is 125 cm³/mol. The first-order valence-electron chi connectivity index (χ1n) is 10.5. The number of benzene rings is 2. The van der Waals surface area contributed by atoms with Gasteiger partial charge in [0, 0.05) is 29.4 Å². The van der Waals surface area contributed by atoms with Crippen molar-refractivity contribution in [3.8, 4) is 16.9 Å². The van der Waals surface area contributed by atoms with Crippen molar-refractivity contribution in [2.24, 2.45) is 0 Å². The summed E-state index contributed by atoms with van der Waals surface area (Å²) in [7, 11) is 0. The van der Waals surface area contributed by atoms with E-state index in [0.29, 0.717) is 17.0 Å². The van der Waals surface area contributed by atoms with Gasteiger partial charge in [0.15, 0.2) is 0 Å². The lowest BCUT2D eigenvalue weighted by atomic mass is 10.1. The molecular formula is C24H22N6O4. The number of hydrogen-bond acceptors (Lipinski definition) is 5. The molecule has 0 spiro atoms. The molecule has 2 aromatic heterocycles. The fraction of sp³-hybridized carbons (Fsp3) is 0.125. The van der Waals surface area contributed by atoms with Crippen LogP contribution in [-0.2, 0) is 11.2 Å². The number of aromatic amines is 2. The molecule has 0 fully saturated rings. The molecule has 2 heterocycles. The van der Waals surface area contributed by atoms with Crippen LogP contribution in [0.25, 0.3) is 16.9 Å². The Morgan fingerprint density at radius 3 is 2.29 bits per heavy atom. The third-order valence-corrected chi connectivity index (χ3v) is 5.20. The summed E-state index contributed by atoms with van der Waals surface area (Å²) in [6.45, 7) is 1.58. The minimum absolute atomic E-state index is 0.0644. The summed E-state index contributed by atoms with van der Waals surface area (Å²) in [5, 5.41) is 4.58. The van der Waals surface area contributed by atoms with Crippen LogP contribution in [0, 0.1) is 6.92 Å². The maximum absolute atomic E-state index is 12.9. The van der Waals surface area contributed by atoms with Gasteiger partial charge in [0.25, 0.3) is 11.5 Å². The highest BCUT2D eigenvalue weighted by Gasteiger charge is 2.19. The Hall–Kier alpha value is -4.73. The lowest BCUT2D eigenvalue weighted by Gasteiger charge is -2.08. The van der Waals surface area contributed by atoms with Crippen LogP contribution in [0.4, 0.5) is 0 Å². The molecule has 0 bridgehead atoms. The quantitative estimate of drug-likeness (QED) is 0.325. The highest BCUT2D eigenvalue weighted by atomic mass is 16.2. The summed E-state index contributed by atoms with van der Waals surface area (Å²) < 4.78 is 1.60. The average molecular weight is 458 g/mol. The van der Waals surface area contributed by atoms with Gasteiger partial charge in [-0.1, -0.05) is 48.5 Å². The summed E-state index contributed by atoms with van der Waals surface area (Å²) in [6, 6.07) is 18.6. The standard InChI is InChI=1S/C24H22N6O4/c1-15-18(22(32)26-24(34)25-15)12-13-20(31)27-28-23(33)19-14-30(17-10-6-3-7-11-17)29-21(19)16-8-4-2-5-9-16/h2-11,14H,12-13H2,1H3,(H,27,31)(H,28,33)(H2,25,26,32,34). The van der Waals surface area contributed by atoms with Crippen LogP contribution in [0.15, 0.2) is 76.4 Å². The molecular weight excluding hydrogens is 436 g/mol. The summed E-state index contributed by atoms with van der Waals surface area (Å²) in [5.41, 5.74) is 6.61. The van der Waals surface area contributed by atoms with Crippen LogP contribution in [0.3, 0.4) is 0 Å². The fourth-order valence-electron chi connectivity index (χ4n) is 3.48. The monoisotopic (exact) mass is 458 g/mol. The molecule has 4 N–H and O–H groups in total. The van der Waals surface area contributed by atoms with Crippen molar-refractivity contribution >= 4 is 11.8 Å². The second-order valence-electron chi connectivity index (χ2n) is 7.55. The van der Waals surface area contributed by atoms with Gasteiger partial charge in [0.1, 0.15) is 5.69 Å². The molecule has 0 aliphatic rings. The Bertz CT molecular complexity index is 1440. The van der Waals surface area contributed by atoms with E-state index in [-0.39, 0.29) is 18.4 Å². The molecule has 10 heteroatoms. The van der Waals surface area contributed by atoms with Crippen molar-refractivity contribution in [2.75, 3.05) is 0 Å². The minimum atomic E-state index is -0.603. The lowest BCUT2D eigenvalue weighted by molar-refractivity contribution is -0.121. The van der Waals surface area contributed by atoms with Gasteiger partial charge in [0.05, 0.1) is 11.3 Å². The molecule has 172 valence electrons. The smallest absolute Gasteiger partial charge is 0.311 e. The number of hydrazine groups is 1. The maximum atomic E-state index is 12.9. The predicted octanol–water partition coefficient (Wildman–Crippen LogP) is 1.62. The molecule has 4 rings (SSSR count). The molecule has 0 radical (unpaired) electrons. The lowest BCUT2D eigenvalue weighted by Crippen LogP contribution is -2.42. The Kier molecular flexibility index (Phi) is 6.49. The molecule has 0 atom stereocenters. The molecule has 0 saturated carbocycles. The number of nitrogens with zero attached hydrogens (tertiary/aromatic N) is 2. The summed E-state index contributed by atoms with van der Waals surface area (Å²) in [5.74, 6) is -1.03. The minimum Gasteiger partial charge on any atom is -0.311 e. The van der Waals surface area contributed by atoms with Gasteiger partial charge < -0.3 is 4.98 Å².